The highest BCUT2D eigenvalue weighted by Crippen LogP contribution is 2.23. The van der Waals surface area contributed by atoms with Gasteiger partial charge in [-0.25, -0.2) is 4.58 Å². The maximum Gasteiger partial charge on any atom is 0.256 e. The molecule has 106 valence electrons. The number of phenols is 2. The van der Waals surface area contributed by atoms with Crippen LogP contribution in [0.1, 0.15) is 21.5 Å². The third-order valence-corrected chi connectivity index (χ3v) is 3.79. The zero-order valence-electron chi connectivity index (χ0n) is 11.7. The number of rotatable bonds is 2. The van der Waals surface area contributed by atoms with Gasteiger partial charge in [-0.2, -0.15) is 0 Å². The van der Waals surface area contributed by atoms with E-state index in [1.807, 2.05) is 11.6 Å². The summed E-state index contributed by atoms with van der Waals surface area (Å²) in [5, 5.41) is 18.9. The summed E-state index contributed by atoms with van der Waals surface area (Å²) in [4.78, 5) is 12.7. The zero-order valence-corrected chi connectivity index (χ0v) is 11.7. The molecule has 0 unspecified atom stereocenters. The molecule has 0 aromatic heterocycles. The lowest BCUT2D eigenvalue weighted by Crippen LogP contribution is -2.33. The second-order valence-electron chi connectivity index (χ2n) is 5.24. The van der Waals surface area contributed by atoms with Crippen molar-refractivity contribution in [3.8, 4) is 11.5 Å². The SMILES string of the molecule is C[N+]1=C(C(=O)c2ccc(O)cc2)c2ccc(O)cc2CC1. The molecule has 21 heavy (non-hydrogen) atoms. The van der Waals surface area contributed by atoms with Crippen LogP contribution in [0.25, 0.3) is 0 Å². The number of carbonyl (C=O) groups is 1. The molecule has 3 rings (SSSR count). The number of fused-ring (bicyclic) bond motifs is 1. The van der Waals surface area contributed by atoms with Gasteiger partial charge in [0.05, 0.1) is 5.56 Å². The first-order chi connectivity index (χ1) is 10.1. The molecule has 1 heterocycles. The summed E-state index contributed by atoms with van der Waals surface area (Å²) in [6.07, 6.45) is 0.798. The van der Waals surface area contributed by atoms with Crippen molar-refractivity contribution in [2.75, 3.05) is 13.6 Å². The van der Waals surface area contributed by atoms with Crippen LogP contribution >= 0.6 is 0 Å². The van der Waals surface area contributed by atoms with E-state index >= 15 is 0 Å². The Bertz CT molecular complexity index is 745. The molecule has 0 saturated carbocycles. The average molecular weight is 282 g/mol. The Morgan fingerprint density at radius 2 is 1.71 bits per heavy atom. The van der Waals surface area contributed by atoms with Crippen LogP contribution < -0.4 is 0 Å². The molecule has 1 aliphatic heterocycles. The first kappa shape index (κ1) is 13.4. The molecule has 2 aromatic carbocycles. The van der Waals surface area contributed by atoms with Gasteiger partial charge in [-0.1, -0.05) is 0 Å². The van der Waals surface area contributed by atoms with Gasteiger partial charge in [-0.3, -0.25) is 4.79 Å². The van der Waals surface area contributed by atoms with Crippen LogP contribution in [0.2, 0.25) is 0 Å². The zero-order chi connectivity index (χ0) is 15.0. The standard InChI is InChI=1S/C17H15NO3/c1-18-9-8-12-10-14(20)6-7-15(12)16(18)17(21)11-2-4-13(19)5-3-11/h2-7,10H,8-9H2,1H3,(H,19,21)/p+1. The lowest BCUT2D eigenvalue weighted by molar-refractivity contribution is -0.496. The Balaban J connectivity index is 2.08. The highest BCUT2D eigenvalue weighted by molar-refractivity contribution is 6.50. The van der Waals surface area contributed by atoms with Gasteiger partial charge in [-0.05, 0) is 48.0 Å². The van der Waals surface area contributed by atoms with Crippen molar-refractivity contribution >= 4 is 11.5 Å². The molecule has 0 aliphatic carbocycles. The fourth-order valence-electron chi connectivity index (χ4n) is 2.67. The summed E-state index contributed by atoms with van der Waals surface area (Å²) in [5.41, 5.74) is 3.01. The van der Waals surface area contributed by atoms with Gasteiger partial charge >= 0.3 is 0 Å². The summed E-state index contributed by atoms with van der Waals surface area (Å²) < 4.78 is 1.94. The number of nitrogens with zero attached hydrogens (tertiary/aromatic N) is 1. The van der Waals surface area contributed by atoms with Crippen molar-refractivity contribution in [3.05, 3.63) is 59.2 Å². The van der Waals surface area contributed by atoms with Crippen molar-refractivity contribution in [2.24, 2.45) is 0 Å². The second kappa shape index (κ2) is 5.05. The van der Waals surface area contributed by atoms with Crippen LogP contribution in [-0.4, -0.2) is 39.9 Å². The maximum atomic E-state index is 12.7. The Morgan fingerprint density at radius 3 is 2.43 bits per heavy atom. The Labute approximate surface area is 122 Å². The number of likely N-dealkylation sites (N-methyl/N-ethyl adjacent to an activating group) is 1. The summed E-state index contributed by atoms with van der Waals surface area (Å²) in [5.74, 6) is 0.276. The van der Waals surface area contributed by atoms with Crippen LogP contribution in [-0.2, 0) is 6.42 Å². The molecular formula is C17H16NO3+. The Kier molecular flexibility index (Phi) is 3.22. The van der Waals surface area contributed by atoms with Crippen molar-refractivity contribution in [1.82, 2.24) is 0 Å². The van der Waals surface area contributed by atoms with Gasteiger partial charge in [0.1, 0.15) is 25.1 Å². The molecule has 0 bridgehead atoms. The van der Waals surface area contributed by atoms with E-state index < -0.39 is 0 Å². The van der Waals surface area contributed by atoms with Crippen LogP contribution in [0.5, 0.6) is 11.5 Å². The molecule has 0 fully saturated rings. The second-order valence-corrected chi connectivity index (χ2v) is 5.24. The minimum Gasteiger partial charge on any atom is -0.508 e. The van der Waals surface area contributed by atoms with E-state index in [1.54, 1.807) is 30.3 Å². The molecule has 4 heteroatoms. The molecule has 1 aliphatic rings. The Hall–Kier alpha value is -2.62. The van der Waals surface area contributed by atoms with Crippen LogP contribution in [0.3, 0.4) is 0 Å². The first-order valence-electron chi connectivity index (χ1n) is 6.80. The number of hydrogen-bond acceptors (Lipinski definition) is 3. The number of benzene rings is 2. The van der Waals surface area contributed by atoms with Crippen molar-refractivity contribution < 1.29 is 19.6 Å². The number of Topliss-reactive ketones (excluding diaryl/α,β-unsaturated/α-hetero) is 1. The fraction of sp³-hybridized carbons (Fsp3) is 0.176. The monoisotopic (exact) mass is 282 g/mol. The number of ketones is 1. The van der Waals surface area contributed by atoms with Crippen LogP contribution in [0.4, 0.5) is 0 Å². The number of phenolic OH excluding ortho intramolecular Hbond substituents is 2. The van der Waals surface area contributed by atoms with E-state index in [-0.39, 0.29) is 17.3 Å². The highest BCUT2D eigenvalue weighted by atomic mass is 16.3. The molecule has 0 radical (unpaired) electrons. The van der Waals surface area contributed by atoms with Gasteiger partial charge in [0, 0.05) is 12.0 Å². The number of carbonyl (C=O) groups excluding carboxylic acids is 1. The lowest BCUT2D eigenvalue weighted by atomic mass is 9.92. The van der Waals surface area contributed by atoms with Gasteiger partial charge in [0.15, 0.2) is 0 Å². The van der Waals surface area contributed by atoms with Crippen LogP contribution in [0, 0.1) is 0 Å². The van der Waals surface area contributed by atoms with Gasteiger partial charge in [0.25, 0.3) is 11.5 Å². The van der Waals surface area contributed by atoms with E-state index in [2.05, 4.69) is 0 Å². The third kappa shape index (κ3) is 2.40. The molecule has 0 spiro atoms. The molecule has 4 nitrogen and oxygen atoms in total. The fourth-order valence-corrected chi connectivity index (χ4v) is 2.67. The lowest BCUT2D eigenvalue weighted by Gasteiger charge is -2.16. The van der Waals surface area contributed by atoms with E-state index in [1.165, 1.54) is 12.1 Å². The summed E-state index contributed by atoms with van der Waals surface area (Å²) in [6.45, 7) is 0.732. The van der Waals surface area contributed by atoms with Crippen molar-refractivity contribution in [2.45, 2.75) is 6.42 Å². The van der Waals surface area contributed by atoms with Crippen molar-refractivity contribution in [3.63, 3.8) is 0 Å². The maximum absolute atomic E-state index is 12.7. The molecule has 2 N–H and O–H groups in total. The highest BCUT2D eigenvalue weighted by Gasteiger charge is 2.30. The molecule has 2 aromatic rings. The molecular weight excluding hydrogens is 266 g/mol. The number of aromatic hydroxyl groups is 2. The Morgan fingerprint density at radius 1 is 1.05 bits per heavy atom. The first-order valence-corrected chi connectivity index (χ1v) is 6.80. The van der Waals surface area contributed by atoms with E-state index in [4.69, 9.17) is 0 Å². The van der Waals surface area contributed by atoms with E-state index in [9.17, 15) is 15.0 Å². The van der Waals surface area contributed by atoms with Gasteiger partial charge in [0.2, 0.25) is 0 Å². The predicted molar refractivity (Wildman–Crippen MR) is 79.4 cm³/mol. The van der Waals surface area contributed by atoms with Gasteiger partial charge < -0.3 is 10.2 Å². The summed E-state index contributed by atoms with van der Waals surface area (Å²) in [6, 6.07) is 11.4. The van der Waals surface area contributed by atoms with Crippen LogP contribution in [0.15, 0.2) is 42.5 Å². The van der Waals surface area contributed by atoms with Crippen molar-refractivity contribution in [1.29, 1.82) is 0 Å². The van der Waals surface area contributed by atoms with E-state index in [0.717, 1.165) is 24.1 Å². The topological polar surface area (TPSA) is 60.5 Å². The average Bonchev–Trinajstić information content (AvgIpc) is 2.47. The minimum absolute atomic E-state index is 0.0795. The summed E-state index contributed by atoms with van der Waals surface area (Å²) >= 11 is 0. The number of hydrogen-bond donors (Lipinski definition) is 2. The third-order valence-electron chi connectivity index (χ3n) is 3.79. The molecule has 0 saturated heterocycles. The smallest absolute Gasteiger partial charge is 0.256 e. The molecule has 0 atom stereocenters. The summed E-state index contributed by atoms with van der Waals surface area (Å²) in [7, 11) is 1.89. The van der Waals surface area contributed by atoms with E-state index in [0.29, 0.717) is 11.3 Å². The minimum atomic E-state index is -0.0795. The van der Waals surface area contributed by atoms with Gasteiger partial charge in [-0.15, -0.1) is 0 Å². The normalized spacial score (nSPS) is 14.0. The predicted octanol–water partition coefficient (Wildman–Crippen LogP) is 1.97. The quantitative estimate of drug-likeness (QED) is 0.654. The largest absolute Gasteiger partial charge is 0.508 e. The molecule has 0 amide bonds.